The van der Waals surface area contributed by atoms with E-state index in [-0.39, 0.29) is 35.5 Å². The van der Waals surface area contributed by atoms with Crippen molar-refractivity contribution in [3.05, 3.63) is 42.0 Å². The van der Waals surface area contributed by atoms with Gasteiger partial charge in [-0.2, -0.15) is 0 Å². The molecule has 1 saturated heterocycles. The summed E-state index contributed by atoms with van der Waals surface area (Å²) >= 11 is 0. The molecule has 5 heteroatoms. The highest BCUT2D eigenvalue weighted by atomic mass is 16.5. The Balaban J connectivity index is 1.49. The maximum atomic E-state index is 13.0. The number of carbonyl (C=O) groups excluding carboxylic acids is 3. The lowest BCUT2D eigenvalue weighted by atomic mass is 9.63. The number of nitrogens with zero attached hydrogens (tertiary/aromatic N) is 1. The van der Waals surface area contributed by atoms with Crippen LogP contribution in [0.15, 0.2) is 36.4 Å². The normalized spacial score (nSPS) is 38.1. The lowest BCUT2D eigenvalue weighted by Gasteiger charge is -2.37. The van der Waals surface area contributed by atoms with E-state index in [4.69, 9.17) is 0 Å². The number of imide groups is 1. The van der Waals surface area contributed by atoms with Gasteiger partial charge in [0.15, 0.2) is 0 Å². The van der Waals surface area contributed by atoms with Gasteiger partial charge in [0.05, 0.1) is 30.2 Å². The van der Waals surface area contributed by atoms with Crippen LogP contribution < -0.4 is 4.90 Å². The molecule has 6 rings (SSSR count). The Kier molecular flexibility index (Phi) is 2.65. The summed E-state index contributed by atoms with van der Waals surface area (Å²) in [4.78, 5) is 38.8. The predicted molar refractivity (Wildman–Crippen MR) is 85.0 cm³/mol. The van der Waals surface area contributed by atoms with Gasteiger partial charge in [-0.3, -0.25) is 14.5 Å². The molecule has 2 amide bonds. The lowest BCUT2D eigenvalue weighted by Crippen LogP contribution is -2.40. The van der Waals surface area contributed by atoms with Crippen molar-refractivity contribution < 1.29 is 19.1 Å². The maximum absolute atomic E-state index is 13.0. The number of esters is 1. The molecule has 4 aliphatic carbocycles. The molecule has 3 fully saturated rings. The minimum Gasteiger partial charge on any atom is -0.465 e. The first-order valence-electron chi connectivity index (χ1n) is 8.36. The molecule has 5 aliphatic rings. The summed E-state index contributed by atoms with van der Waals surface area (Å²) in [5, 5.41) is 0. The summed E-state index contributed by atoms with van der Waals surface area (Å²) in [7, 11) is 1.32. The fraction of sp³-hybridized carbons (Fsp3) is 0.421. The topological polar surface area (TPSA) is 63.7 Å². The van der Waals surface area contributed by atoms with E-state index in [1.165, 1.54) is 12.0 Å². The van der Waals surface area contributed by atoms with Crippen LogP contribution in [0.3, 0.4) is 0 Å². The second-order valence-corrected chi connectivity index (χ2v) is 7.20. The van der Waals surface area contributed by atoms with Gasteiger partial charge >= 0.3 is 5.97 Å². The summed E-state index contributed by atoms with van der Waals surface area (Å²) in [6.45, 7) is 0. The van der Waals surface area contributed by atoms with Crippen LogP contribution in [0.2, 0.25) is 0 Å². The number of methoxy groups -OCH3 is 1. The lowest BCUT2D eigenvalue weighted by molar-refractivity contribution is -0.124. The molecule has 122 valence electrons. The van der Waals surface area contributed by atoms with Gasteiger partial charge in [0.1, 0.15) is 0 Å². The van der Waals surface area contributed by atoms with E-state index in [0.717, 1.165) is 6.42 Å². The van der Waals surface area contributed by atoms with Crippen LogP contribution in [-0.4, -0.2) is 24.9 Å². The number of amides is 2. The number of carbonyl (C=O) groups is 3. The Morgan fingerprint density at radius 2 is 1.54 bits per heavy atom. The van der Waals surface area contributed by atoms with Crippen LogP contribution in [0.1, 0.15) is 16.8 Å². The second kappa shape index (κ2) is 4.56. The van der Waals surface area contributed by atoms with Gasteiger partial charge in [0, 0.05) is 0 Å². The monoisotopic (exact) mass is 323 g/mol. The molecule has 0 spiro atoms. The van der Waals surface area contributed by atoms with E-state index in [1.807, 2.05) is 0 Å². The maximum Gasteiger partial charge on any atom is 0.337 e. The van der Waals surface area contributed by atoms with Crippen molar-refractivity contribution in [1.82, 2.24) is 0 Å². The molecule has 2 bridgehead atoms. The van der Waals surface area contributed by atoms with E-state index < -0.39 is 5.97 Å². The first kappa shape index (κ1) is 14.0. The number of hydrogen-bond acceptors (Lipinski definition) is 4. The molecular formula is C19H17NO4. The summed E-state index contributed by atoms with van der Waals surface area (Å²) in [6.07, 6.45) is 5.48. The van der Waals surface area contributed by atoms with Gasteiger partial charge in [-0.05, 0) is 54.4 Å². The molecule has 2 saturated carbocycles. The summed E-state index contributed by atoms with van der Waals surface area (Å²) in [5.41, 5.74) is 0.945. The number of hydrogen-bond donors (Lipinski definition) is 0. The second-order valence-electron chi connectivity index (χ2n) is 7.20. The van der Waals surface area contributed by atoms with Gasteiger partial charge < -0.3 is 4.74 Å². The minimum atomic E-state index is -0.434. The zero-order valence-corrected chi connectivity index (χ0v) is 13.2. The van der Waals surface area contributed by atoms with Crippen LogP contribution in [0, 0.1) is 35.5 Å². The standard InChI is InChI=1S/C19H17NO4/c1-24-19(23)9-2-4-10(5-3-9)20-17(21)15-11-6-7-12(14-8-13(11)14)16(15)18(20)22/h2-7,11-16H,8H2,1H3/t11-,12-,13-,14+,15+,16+/m1/s1. The SMILES string of the molecule is COC(=O)c1ccc(N2C(=O)[C@H]3[C@@H]4C=C[C@H]([C@@H]5C[C@H]45)[C@@H]3C2=O)cc1. The molecule has 1 aliphatic heterocycles. The third-order valence-corrected chi connectivity index (χ3v) is 6.21. The molecule has 5 nitrogen and oxygen atoms in total. The average molecular weight is 323 g/mol. The van der Waals surface area contributed by atoms with E-state index in [2.05, 4.69) is 16.9 Å². The Morgan fingerprint density at radius 1 is 1.00 bits per heavy atom. The van der Waals surface area contributed by atoms with Crippen LogP contribution in [0.4, 0.5) is 5.69 Å². The van der Waals surface area contributed by atoms with Gasteiger partial charge in [-0.1, -0.05) is 12.2 Å². The van der Waals surface area contributed by atoms with E-state index in [1.54, 1.807) is 24.3 Å². The number of anilines is 1. The zero-order valence-electron chi connectivity index (χ0n) is 13.2. The largest absolute Gasteiger partial charge is 0.465 e. The smallest absolute Gasteiger partial charge is 0.337 e. The average Bonchev–Trinajstić information content (AvgIpc) is 3.39. The molecule has 24 heavy (non-hydrogen) atoms. The fourth-order valence-electron chi connectivity index (χ4n) is 5.08. The molecule has 0 unspecified atom stereocenters. The van der Waals surface area contributed by atoms with Crippen LogP contribution >= 0.6 is 0 Å². The van der Waals surface area contributed by atoms with Crippen LogP contribution in [0.25, 0.3) is 0 Å². The first-order chi connectivity index (χ1) is 11.6. The van der Waals surface area contributed by atoms with Crippen molar-refractivity contribution in [1.29, 1.82) is 0 Å². The van der Waals surface area contributed by atoms with Gasteiger partial charge in [0.25, 0.3) is 0 Å². The molecule has 1 aromatic carbocycles. The Labute approximate surface area is 139 Å². The van der Waals surface area contributed by atoms with Crippen molar-refractivity contribution >= 4 is 23.5 Å². The van der Waals surface area contributed by atoms with Crippen molar-refractivity contribution in [3.8, 4) is 0 Å². The van der Waals surface area contributed by atoms with E-state index in [0.29, 0.717) is 23.1 Å². The fourth-order valence-corrected chi connectivity index (χ4v) is 5.08. The highest BCUT2D eigenvalue weighted by molar-refractivity contribution is 6.22. The van der Waals surface area contributed by atoms with Crippen molar-refractivity contribution in [2.24, 2.45) is 35.5 Å². The Hall–Kier alpha value is -2.43. The first-order valence-corrected chi connectivity index (χ1v) is 8.36. The highest BCUT2D eigenvalue weighted by Gasteiger charge is 2.67. The molecule has 6 atom stereocenters. The van der Waals surface area contributed by atoms with Crippen molar-refractivity contribution in [2.45, 2.75) is 6.42 Å². The predicted octanol–water partition coefficient (Wildman–Crippen LogP) is 2.03. The summed E-state index contributed by atoms with van der Waals surface area (Å²) in [5.74, 6) is 0.645. The van der Waals surface area contributed by atoms with Crippen molar-refractivity contribution in [2.75, 3.05) is 12.0 Å². The Bertz CT molecular complexity index is 760. The summed E-state index contributed by atoms with van der Waals surface area (Å²) in [6, 6.07) is 6.48. The van der Waals surface area contributed by atoms with Crippen LogP contribution in [0.5, 0.6) is 0 Å². The number of benzene rings is 1. The molecular weight excluding hydrogens is 306 g/mol. The van der Waals surface area contributed by atoms with Gasteiger partial charge in [0.2, 0.25) is 11.8 Å². The number of rotatable bonds is 2. The minimum absolute atomic E-state index is 0.0829. The van der Waals surface area contributed by atoms with Crippen LogP contribution in [-0.2, 0) is 14.3 Å². The summed E-state index contributed by atoms with van der Waals surface area (Å²) < 4.78 is 4.68. The Morgan fingerprint density at radius 3 is 2.04 bits per heavy atom. The van der Waals surface area contributed by atoms with E-state index in [9.17, 15) is 14.4 Å². The molecule has 0 N–H and O–H groups in total. The zero-order chi connectivity index (χ0) is 16.6. The number of allylic oxidation sites excluding steroid dienone is 2. The quantitative estimate of drug-likeness (QED) is 0.475. The third kappa shape index (κ3) is 1.62. The molecule has 0 radical (unpaired) electrons. The van der Waals surface area contributed by atoms with E-state index >= 15 is 0 Å². The highest BCUT2D eigenvalue weighted by Crippen LogP contribution is 2.65. The van der Waals surface area contributed by atoms with Gasteiger partial charge in [-0.15, -0.1) is 0 Å². The molecule has 1 heterocycles. The van der Waals surface area contributed by atoms with Crippen molar-refractivity contribution in [3.63, 3.8) is 0 Å². The third-order valence-electron chi connectivity index (χ3n) is 6.21. The van der Waals surface area contributed by atoms with Gasteiger partial charge in [-0.25, -0.2) is 4.79 Å². The number of ether oxygens (including phenoxy) is 1. The molecule has 1 aromatic rings. The molecule has 0 aromatic heterocycles.